The Labute approximate surface area is 131 Å². The molecule has 4 heterocycles. The summed E-state index contributed by atoms with van der Waals surface area (Å²) in [5.41, 5.74) is 1.98. The Morgan fingerprint density at radius 2 is 2.23 bits per heavy atom. The van der Waals surface area contributed by atoms with Gasteiger partial charge in [0.1, 0.15) is 0 Å². The molecule has 0 saturated carbocycles. The lowest BCUT2D eigenvalue weighted by molar-refractivity contribution is -0.0824. The zero-order valence-electron chi connectivity index (χ0n) is 12.8. The predicted molar refractivity (Wildman–Crippen MR) is 88.5 cm³/mol. The lowest BCUT2D eigenvalue weighted by Crippen LogP contribution is -2.61. The van der Waals surface area contributed by atoms with Crippen molar-refractivity contribution in [3.05, 3.63) is 54.7 Å². The van der Waals surface area contributed by atoms with E-state index in [0.29, 0.717) is 11.8 Å². The summed E-state index contributed by atoms with van der Waals surface area (Å²) in [6, 6.07) is 10.4. The van der Waals surface area contributed by atoms with Crippen LogP contribution in [-0.2, 0) is 5.54 Å². The summed E-state index contributed by atoms with van der Waals surface area (Å²) in [4.78, 5) is 6.95. The number of hydrogen-bond acceptors (Lipinski definition) is 3. The summed E-state index contributed by atoms with van der Waals surface area (Å²) in [5.74, 6) is 1.18. The van der Waals surface area contributed by atoms with E-state index < -0.39 is 0 Å². The average Bonchev–Trinajstić information content (AvgIpc) is 2.61. The molecule has 2 aromatic rings. The van der Waals surface area contributed by atoms with Gasteiger partial charge in [0.15, 0.2) is 0 Å². The Morgan fingerprint density at radius 3 is 2.95 bits per heavy atom. The van der Waals surface area contributed by atoms with E-state index in [4.69, 9.17) is 0 Å². The summed E-state index contributed by atoms with van der Waals surface area (Å²) >= 11 is 0. The Hall–Kier alpha value is -1.71. The van der Waals surface area contributed by atoms with Gasteiger partial charge in [0.25, 0.3) is 0 Å². The lowest BCUT2D eigenvalue weighted by Gasteiger charge is -2.56. The van der Waals surface area contributed by atoms with Gasteiger partial charge >= 0.3 is 0 Å². The number of rotatable bonds is 3. The molecule has 4 unspecified atom stereocenters. The Kier molecular flexibility index (Phi) is 3.28. The van der Waals surface area contributed by atoms with E-state index in [1.54, 1.807) is 0 Å². The smallest absolute Gasteiger partial charge is 0.0705 e. The van der Waals surface area contributed by atoms with Crippen LogP contribution >= 0.6 is 0 Å². The molecular weight excluding hydrogens is 272 g/mol. The van der Waals surface area contributed by atoms with Crippen LogP contribution in [0.4, 0.5) is 0 Å². The van der Waals surface area contributed by atoms with Crippen molar-refractivity contribution in [2.75, 3.05) is 19.7 Å². The molecule has 1 aromatic carbocycles. The Morgan fingerprint density at radius 1 is 1.36 bits per heavy atom. The number of nitrogens with zero attached hydrogens (tertiary/aromatic N) is 2. The van der Waals surface area contributed by atoms with Crippen molar-refractivity contribution in [1.82, 2.24) is 9.88 Å². The topological polar surface area (TPSA) is 36.4 Å². The van der Waals surface area contributed by atoms with Gasteiger partial charge in [-0.1, -0.05) is 24.3 Å². The second kappa shape index (κ2) is 5.18. The maximum absolute atomic E-state index is 10.3. The fourth-order valence-electron chi connectivity index (χ4n) is 4.53. The number of para-hydroxylation sites is 1. The first-order chi connectivity index (χ1) is 10.8. The van der Waals surface area contributed by atoms with Crippen molar-refractivity contribution in [1.29, 1.82) is 0 Å². The number of aromatic nitrogens is 1. The van der Waals surface area contributed by atoms with Crippen molar-refractivity contribution in [3.8, 4) is 0 Å². The highest BCUT2D eigenvalue weighted by atomic mass is 16.3. The second-order valence-electron chi connectivity index (χ2n) is 6.66. The van der Waals surface area contributed by atoms with Crippen LogP contribution in [-0.4, -0.2) is 34.7 Å². The van der Waals surface area contributed by atoms with Crippen LogP contribution in [0.2, 0.25) is 0 Å². The molecule has 3 fully saturated rings. The third-order valence-corrected chi connectivity index (χ3v) is 5.73. The number of piperidine rings is 3. The molecule has 0 aliphatic carbocycles. The molecule has 5 rings (SSSR count). The summed E-state index contributed by atoms with van der Waals surface area (Å²) in [6.07, 6.45) is 6.20. The number of aliphatic hydroxyl groups is 1. The molecule has 3 nitrogen and oxygen atoms in total. The number of aliphatic hydroxyl groups excluding tert-OH is 1. The molecule has 1 aromatic heterocycles. The zero-order chi connectivity index (χ0) is 15.2. The van der Waals surface area contributed by atoms with Crippen LogP contribution in [0.25, 0.3) is 10.9 Å². The molecule has 3 heteroatoms. The summed E-state index contributed by atoms with van der Waals surface area (Å²) in [6.45, 7) is 6.24. The molecule has 22 heavy (non-hydrogen) atoms. The van der Waals surface area contributed by atoms with Crippen molar-refractivity contribution >= 4 is 10.9 Å². The maximum Gasteiger partial charge on any atom is 0.0705 e. The lowest BCUT2D eigenvalue weighted by atomic mass is 9.66. The van der Waals surface area contributed by atoms with Crippen LogP contribution < -0.4 is 0 Å². The fourth-order valence-corrected chi connectivity index (χ4v) is 4.53. The van der Waals surface area contributed by atoms with Crippen molar-refractivity contribution in [2.24, 2.45) is 11.8 Å². The molecule has 3 saturated heterocycles. The first-order valence-corrected chi connectivity index (χ1v) is 8.11. The van der Waals surface area contributed by atoms with Gasteiger partial charge < -0.3 is 5.11 Å². The Balaban J connectivity index is 1.87. The summed E-state index contributed by atoms with van der Waals surface area (Å²) in [5, 5.41) is 11.5. The third-order valence-electron chi connectivity index (χ3n) is 5.73. The van der Waals surface area contributed by atoms with Crippen molar-refractivity contribution in [3.63, 3.8) is 0 Å². The fraction of sp³-hybridized carbons (Fsp3) is 0.421. The standard InChI is InChI=1S/C19H22N2O/c1-2-14-12-21-10-8-15(14)11-19(21,13-22)17-7-9-20-18-6-4-3-5-16(17)18/h2-7,9,14-15,22H,1,8,10-13H2. The quantitative estimate of drug-likeness (QED) is 0.884. The molecule has 0 radical (unpaired) electrons. The third kappa shape index (κ3) is 1.86. The summed E-state index contributed by atoms with van der Waals surface area (Å²) in [7, 11) is 0. The normalized spacial score (nSPS) is 34.0. The number of fused-ring (bicyclic) bond motifs is 4. The maximum atomic E-state index is 10.3. The second-order valence-corrected chi connectivity index (χ2v) is 6.66. The highest BCUT2D eigenvalue weighted by molar-refractivity contribution is 5.83. The van der Waals surface area contributed by atoms with Gasteiger partial charge in [-0.25, -0.2) is 0 Å². The number of pyridine rings is 1. The van der Waals surface area contributed by atoms with E-state index in [1.807, 2.05) is 18.3 Å². The minimum atomic E-state index is -0.259. The van der Waals surface area contributed by atoms with Crippen molar-refractivity contribution < 1.29 is 5.11 Å². The molecule has 3 aliphatic heterocycles. The zero-order valence-corrected chi connectivity index (χ0v) is 12.8. The minimum Gasteiger partial charge on any atom is -0.394 e. The molecule has 0 spiro atoms. The summed E-state index contributed by atoms with van der Waals surface area (Å²) < 4.78 is 0. The molecule has 4 atom stereocenters. The van der Waals surface area contributed by atoms with Gasteiger partial charge in [0.05, 0.1) is 17.7 Å². The van der Waals surface area contributed by atoms with Crippen LogP contribution in [0.5, 0.6) is 0 Å². The monoisotopic (exact) mass is 294 g/mol. The van der Waals surface area contributed by atoms with Crippen LogP contribution in [0.1, 0.15) is 18.4 Å². The van der Waals surface area contributed by atoms with E-state index in [-0.39, 0.29) is 12.1 Å². The molecule has 114 valence electrons. The largest absolute Gasteiger partial charge is 0.394 e. The van der Waals surface area contributed by atoms with E-state index in [2.05, 4.69) is 40.7 Å². The van der Waals surface area contributed by atoms with E-state index in [9.17, 15) is 5.11 Å². The highest BCUT2D eigenvalue weighted by Gasteiger charge is 2.50. The van der Waals surface area contributed by atoms with Gasteiger partial charge in [-0.2, -0.15) is 0 Å². The van der Waals surface area contributed by atoms with E-state index in [1.165, 1.54) is 17.4 Å². The first-order valence-electron chi connectivity index (χ1n) is 8.11. The van der Waals surface area contributed by atoms with Crippen LogP contribution in [0.15, 0.2) is 49.2 Å². The van der Waals surface area contributed by atoms with Crippen LogP contribution in [0, 0.1) is 11.8 Å². The van der Waals surface area contributed by atoms with Crippen LogP contribution in [0.3, 0.4) is 0 Å². The highest BCUT2D eigenvalue weighted by Crippen LogP contribution is 2.49. The molecule has 1 N–H and O–H groups in total. The molecule has 0 amide bonds. The first kappa shape index (κ1) is 13.9. The number of benzene rings is 1. The number of hydrogen-bond donors (Lipinski definition) is 1. The van der Waals surface area contributed by atoms with Gasteiger partial charge in [-0.15, -0.1) is 6.58 Å². The van der Waals surface area contributed by atoms with Crippen molar-refractivity contribution in [2.45, 2.75) is 18.4 Å². The van der Waals surface area contributed by atoms with Gasteiger partial charge in [0.2, 0.25) is 0 Å². The molecule has 2 bridgehead atoms. The molecular formula is C19H22N2O. The van der Waals surface area contributed by atoms with Gasteiger partial charge in [-0.05, 0) is 48.9 Å². The minimum absolute atomic E-state index is 0.168. The van der Waals surface area contributed by atoms with E-state index in [0.717, 1.165) is 25.0 Å². The molecule has 3 aliphatic rings. The average molecular weight is 294 g/mol. The predicted octanol–water partition coefficient (Wildman–Crippen LogP) is 2.95. The Bertz CT molecular complexity index is 708. The van der Waals surface area contributed by atoms with Gasteiger partial charge in [-0.3, -0.25) is 9.88 Å². The van der Waals surface area contributed by atoms with E-state index >= 15 is 0 Å². The van der Waals surface area contributed by atoms with Gasteiger partial charge in [0, 0.05) is 18.1 Å². The SMILES string of the molecule is C=CC1CN2CCC1CC2(CO)c1ccnc2ccccc12.